The van der Waals surface area contributed by atoms with Gasteiger partial charge in [0.1, 0.15) is 12.4 Å². The lowest BCUT2D eigenvalue weighted by molar-refractivity contribution is 0.0473. The summed E-state index contributed by atoms with van der Waals surface area (Å²) in [7, 11) is 0. The van der Waals surface area contributed by atoms with E-state index in [0.29, 0.717) is 11.3 Å². The van der Waals surface area contributed by atoms with Gasteiger partial charge in [-0.1, -0.05) is 6.07 Å². The molecule has 0 saturated heterocycles. The summed E-state index contributed by atoms with van der Waals surface area (Å²) in [4.78, 5) is 11.9. The lowest BCUT2D eigenvalue weighted by Gasteiger charge is -2.09. The summed E-state index contributed by atoms with van der Waals surface area (Å²) in [6.45, 7) is 1.81. The second kappa shape index (κ2) is 5.61. The predicted octanol–water partition coefficient (Wildman–Crippen LogP) is 2.66. The Kier molecular flexibility index (Phi) is 3.89. The molecule has 0 aliphatic heterocycles. The van der Waals surface area contributed by atoms with E-state index in [1.165, 1.54) is 24.3 Å². The Bertz CT molecular complexity index is 656. The van der Waals surface area contributed by atoms with Crippen molar-refractivity contribution in [3.8, 4) is 0 Å². The molecule has 20 heavy (non-hydrogen) atoms. The highest BCUT2D eigenvalue weighted by atomic mass is 19.1. The average molecular weight is 274 g/mol. The fourth-order valence-corrected chi connectivity index (χ4v) is 1.78. The number of nitrogen functional groups attached to an aromatic ring is 2. The highest BCUT2D eigenvalue weighted by Gasteiger charge is 2.12. The minimum atomic E-state index is -0.564. The van der Waals surface area contributed by atoms with E-state index < -0.39 is 5.97 Å². The van der Waals surface area contributed by atoms with Gasteiger partial charge in [0.05, 0.1) is 5.56 Å². The minimum absolute atomic E-state index is 0.00770. The number of rotatable bonds is 3. The first-order chi connectivity index (χ1) is 9.47. The Morgan fingerprint density at radius 2 is 1.95 bits per heavy atom. The first kappa shape index (κ1) is 13.9. The molecule has 0 heterocycles. The van der Waals surface area contributed by atoms with Crippen LogP contribution in [0.1, 0.15) is 21.5 Å². The molecule has 5 heteroatoms. The van der Waals surface area contributed by atoms with Gasteiger partial charge in [-0.25, -0.2) is 9.18 Å². The van der Waals surface area contributed by atoms with E-state index in [1.54, 1.807) is 12.1 Å². The molecule has 0 saturated carbocycles. The summed E-state index contributed by atoms with van der Waals surface area (Å²) in [5.74, 6) is -0.931. The van der Waals surface area contributed by atoms with Crippen molar-refractivity contribution < 1.29 is 13.9 Å². The average Bonchev–Trinajstić information content (AvgIpc) is 2.39. The maximum absolute atomic E-state index is 13.1. The summed E-state index contributed by atoms with van der Waals surface area (Å²) in [5, 5.41) is 0. The van der Waals surface area contributed by atoms with Crippen LogP contribution in [0, 0.1) is 12.7 Å². The van der Waals surface area contributed by atoms with Gasteiger partial charge in [-0.05, 0) is 48.4 Å². The number of nitrogens with two attached hydrogens (primary N) is 2. The van der Waals surface area contributed by atoms with Crippen molar-refractivity contribution in [1.82, 2.24) is 0 Å². The minimum Gasteiger partial charge on any atom is -0.457 e. The number of ether oxygens (including phenoxy) is 1. The maximum Gasteiger partial charge on any atom is 0.340 e. The Balaban J connectivity index is 2.10. The van der Waals surface area contributed by atoms with E-state index in [9.17, 15) is 9.18 Å². The second-order valence-electron chi connectivity index (χ2n) is 4.49. The number of halogens is 1. The molecule has 4 N–H and O–H groups in total. The molecule has 2 rings (SSSR count). The maximum atomic E-state index is 13.1. The van der Waals surface area contributed by atoms with Crippen LogP contribution < -0.4 is 11.5 Å². The molecular weight excluding hydrogens is 259 g/mol. The molecule has 0 aliphatic rings. The summed E-state index contributed by atoms with van der Waals surface area (Å²) < 4.78 is 18.3. The lowest BCUT2D eigenvalue weighted by atomic mass is 10.1. The number of hydrogen-bond donors (Lipinski definition) is 2. The molecule has 0 unspecified atom stereocenters. The van der Waals surface area contributed by atoms with Crippen molar-refractivity contribution >= 4 is 17.3 Å². The largest absolute Gasteiger partial charge is 0.457 e. The van der Waals surface area contributed by atoms with Crippen LogP contribution in [-0.2, 0) is 11.3 Å². The topological polar surface area (TPSA) is 78.3 Å². The number of carbonyl (C=O) groups excluding carboxylic acids is 1. The molecule has 0 aromatic heterocycles. The Hall–Kier alpha value is -2.56. The van der Waals surface area contributed by atoms with Gasteiger partial charge in [0.25, 0.3) is 0 Å². The molecule has 2 aromatic carbocycles. The van der Waals surface area contributed by atoms with E-state index >= 15 is 0 Å². The zero-order valence-corrected chi connectivity index (χ0v) is 11.0. The zero-order chi connectivity index (χ0) is 14.7. The van der Waals surface area contributed by atoms with Gasteiger partial charge in [-0.15, -0.1) is 0 Å². The van der Waals surface area contributed by atoms with Crippen LogP contribution in [0.25, 0.3) is 0 Å². The molecule has 2 aromatic rings. The first-order valence-corrected chi connectivity index (χ1v) is 6.04. The Morgan fingerprint density at radius 3 is 2.65 bits per heavy atom. The van der Waals surface area contributed by atoms with E-state index in [4.69, 9.17) is 16.2 Å². The quantitative estimate of drug-likeness (QED) is 0.666. The molecular formula is C15H15FN2O2. The number of carbonyl (C=O) groups is 1. The summed E-state index contributed by atoms with van der Waals surface area (Å²) in [5.41, 5.74) is 13.7. The van der Waals surface area contributed by atoms with Gasteiger partial charge < -0.3 is 16.2 Å². The van der Waals surface area contributed by atoms with Crippen LogP contribution in [0.5, 0.6) is 0 Å². The predicted molar refractivity (Wildman–Crippen MR) is 75.5 cm³/mol. The molecule has 0 radical (unpaired) electrons. The van der Waals surface area contributed by atoms with Gasteiger partial charge in [-0.3, -0.25) is 0 Å². The van der Waals surface area contributed by atoms with Crippen molar-refractivity contribution in [3.05, 3.63) is 58.9 Å². The summed E-state index contributed by atoms with van der Waals surface area (Å²) >= 11 is 0. The third-order valence-electron chi connectivity index (χ3n) is 2.97. The van der Waals surface area contributed by atoms with Crippen LogP contribution in [0.15, 0.2) is 36.4 Å². The molecule has 0 bridgehead atoms. The molecule has 0 spiro atoms. The van der Waals surface area contributed by atoms with Gasteiger partial charge in [0.15, 0.2) is 0 Å². The molecule has 104 valence electrons. The highest BCUT2D eigenvalue weighted by molar-refractivity contribution is 5.95. The van der Waals surface area contributed by atoms with Crippen molar-refractivity contribution in [1.29, 1.82) is 0 Å². The van der Waals surface area contributed by atoms with Crippen molar-refractivity contribution in [2.45, 2.75) is 13.5 Å². The number of esters is 1. The van der Waals surface area contributed by atoms with Crippen molar-refractivity contribution in [2.75, 3.05) is 11.5 Å². The molecule has 0 fully saturated rings. The van der Waals surface area contributed by atoms with Crippen LogP contribution in [0.2, 0.25) is 0 Å². The highest BCUT2D eigenvalue weighted by Crippen LogP contribution is 2.18. The second-order valence-corrected chi connectivity index (χ2v) is 4.49. The van der Waals surface area contributed by atoms with Crippen LogP contribution in [-0.4, -0.2) is 5.97 Å². The van der Waals surface area contributed by atoms with Gasteiger partial charge in [-0.2, -0.15) is 0 Å². The molecule has 0 aliphatic carbocycles. The van der Waals surface area contributed by atoms with E-state index in [2.05, 4.69) is 0 Å². The standard InChI is InChI=1S/C15H15FN2O2/c1-9-2-3-11(16)6-10(9)8-20-15(19)13-5-4-12(17)7-14(13)18/h2-7H,8,17-18H2,1H3. The zero-order valence-electron chi connectivity index (χ0n) is 11.0. The number of anilines is 2. The van der Waals surface area contributed by atoms with E-state index in [1.807, 2.05) is 6.92 Å². The Morgan fingerprint density at radius 1 is 1.20 bits per heavy atom. The SMILES string of the molecule is Cc1ccc(F)cc1COC(=O)c1ccc(N)cc1N. The van der Waals surface area contributed by atoms with Gasteiger partial charge >= 0.3 is 5.97 Å². The number of aryl methyl sites for hydroxylation is 1. The monoisotopic (exact) mass is 274 g/mol. The number of benzene rings is 2. The smallest absolute Gasteiger partial charge is 0.340 e. The third-order valence-corrected chi connectivity index (χ3v) is 2.97. The Labute approximate surface area is 116 Å². The molecule has 4 nitrogen and oxygen atoms in total. The van der Waals surface area contributed by atoms with Crippen LogP contribution in [0.4, 0.5) is 15.8 Å². The lowest BCUT2D eigenvalue weighted by Crippen LogP contribution is -2.09. The van der Waals surface area contributed by atoms with Gasteiger partial charge in [0.2, 0.25) is 0 Å². The summed E-state index contributed by atoms with van der Waals surface area (Å²) in [6.07, 6.45) is 0. The fourth-order valence-electron chi connectivity index (χ4n) is 1.78. The van der Waals surface area contributed by atoms with Gasteiger partial charge in [0, 0.05) is 11.4 Å². The summed E-state index contributed by atoms with van der Waals surface area (Å²) in [6, 6.07) is 8.90. The van der Waals surface area contributed by atoms with E-state index in [-0.39, 0.29) is 23.7 Å². The van der Waals surface area contributed by atoms with E-state index in [0.717, 1.165) is 5.56 Å². The van der Waals surface area contributed by atoms with Crippen LogP contribution >= 0.6 is 0 Å². The third kappa shape index (κ3) is 3.06. The molecule has 0 atom stereocenters. The normalized spacial score (nSPS) is 10.3. The van der Waals surface area contributed by atoms with Crippen LogP contribution in [0.3, 0.4) is 0 Å². The number of hydrogen-bond acceptors (Lipinski definition) is 4. The first-order valence-electron chi connectivity index (χ1n) is 6.04. The molecule has 0 amide bonds. The fraction of sp³-hybridized carbons (Fsp3) is 0.133. The van der Waals surface area contributed by atoms with Crippen molar-refractivity contribution in [2.24, 2.45) is 0 Å². The van der Waals surface area contributed by atoms with Crippen molar-refractivity contribution in [3.63, 3.8) is 0 Å².